The van der Waals surface area contributed by atoms with Crippen molar-refractivity contribution >= 4 is 34.3 Å². The van der Waals surface area contributed by atoms with Crippen molar-refractivity contribution in [1.82, 2.24) is 0 Å². The normalized spacial score (nSPS) is 15.1. The molecule has 0 spiro atoms. The van der Waals surface area contributed by atoms with Crippen LogP contribution in [-0.4, -0.2) is 18.5 Å². The van der Waals surface area contributed by atoms with Gasteiger partial charge in [0.05, 0.1) is 12.2 Å². The quantitative estimate of drug-likeness (QED) is 0.295. The summed E-state index contributed by atoms with van der Waals surface area (Å²) >= 11 is 1.49. The summed E-state index contributed by atoms with van der Waals surface area (Å²) in [6, 6.07) is 17.6. The van der Waals surface area contributed by atoms with Crippen molar-refractivity contribution in [2.24, 2.45) is 0 Å². The molecule has 1 aliphatic rings. The molecule has 1 unspecified atom stereocenters. The third-order valence-corrected chi connectivity index (χ3v) is 7.01. The lowest BCUT2D eigenvalue weighted by Gasteiger charge is -2.19. The Morgan fingerprint density at radius 3 is 2.62 bits per heavy atom. The number of thiophene rings is 1. The van der Waals surface area contributed by atoms with Crippen molar-refractivity contribution < 1.29 is 19.1 Å². The molecular formula is C28H29NO4S. The van der Waals surface area contributed by atoms with Gasteiger partial charge in [0.2, 0.25) is 5.91 Å². The zero-order chi connectivity index (χ0) is 23.9. The van der Waals surface area contributed by atoms with Crippen molar-refractivity contribution in [3.8, 4) is 5.75 Å². The molecule has 5 nitrogen and oxygen atoms in total. The first-order chi connectivity index (χ1) is 16.5. The molecule has 0 saturated heterocycles. The molecule has 1 aliphatic carbocycles. The molecule has 0 fully saturated rings. The molecule has 6 heteroatoms. The third-order valence-electron chi connectivity index (χ3n) is 5.83. The van der Waals surface area contributed by atoms with E-state index in [1.807, 2.05) is 54.6 Å². The number of ether oxygens (including phenoxy) is 2. The number of aryl methyl sites for hydroxylation is 1. The van der Waals surface area contributed by atoms with Gasteiger partial charge >= 0.3 is 5.97 Å². The van der Waals surface area contributed by atoms with Gasteiger partial charge in [0.1, 0.15) is 17.4 Å². The molecule has 0 saturated carbocycles. The van der Waals surface area contributed by atoms with E-state index in [1.54, 1.807) is 13.0 Å². The molecule has 34 heavy (non-hydrogen) atoms. The summed E-state index contributed by atoms with van der Waals surface area (Å²) in [7, 11) is 0. The van der Waals surface area contributed by atoms with Gasteiger partial charge in [-0.05, 0) is 67.0 Å². The summed E-state index contributed by atoms with van der Waals surface area (Å²) in [4.78, 5) is 26.5. The number of nitrogens with one attached hydrogen (secondary N) is 1. The highest BCUT2D eigenvalue weighted by atomic mass is 32.1. The van der Waals surface area contributed by atoms with Crippen LogP contribution in [0.4, 0.5) is 5.00 Å². The number of carbonyl (C=O) groups is 2. The van der Waals surface area contributed by atoms with Crippen LogP contribution in [-0.2, 0) is 22.6 Å². The summed E-state index contributed by atoms with van der Waals surface area (Å²) < 4.78 is 11.1. The Morgan fingerprint density at radius 2 is 1.88 bits per heavy atom. The zero-order valence-corrected chi connectivity index (χ0v) is 20.3. The SMILES string of the molecule is CCOC(=O)c1c(NC(=O)/C=C/c2ccc(OCc3ccccc3)cc2)sc2c1C(C)CCC2. The molecule has 2 aromatic carbocycles. The van der Waals surface area contributed by atoms with Gasteiger partial charge in [-0.1, -0.05) is 49.4 Å². The van der Waals surface area contributed by atoms with E-state index >= 15 is 0 Å². The Hall–Kier alpha value is -3.38. The summed E-state index contributed by atoms with van der Waals surface area (Å²) in [5.41, 5.74) is 3.55. The molecule has 0 bridgehead atoms. The van der Waals surface area contributed by atoms with Gasteiger partial charge < -0.3 is 14.8 Å². The van der Waals surface area contributed by atoms with E-state index in [1.165, 1.54) is 22.3 Å². The maximum absolute atomic E-state index is 12.7. The highest BCUT2D eigenvalue weighted by Crippen LogP contribution is 2.43. The highest BCUT2D eigenvalue weighted by molar-refractivity contribution is 7.17. The summed E-state index contributed by atoms with van der Waals surface area (Å²) in [6.07, 6.45) is 6.29. The average molecular weight is 476 g/mol. The Balaban J connectivity index is 1.41. The number of hydrogen-bond acceptors (Lipinski definition) is 5. The fourth-order valence-corrected chi connectivity index (χ4v) is 5.50. The maximum atomic E-state index is 12.7. The van der Waals surface area contributed by atoms with Gasteiger partial charge in [-0.25, -0.2) is 4.79 Å². The molecule has 0 radical (unpaired) electrons. The largest absolute Gasteiger partial charge is 0.489 e. The number of carbonyl (C=O) groups excluding carboxylic acids is 2. The molecule has 1 amide bonds. The Bertz CT molecular complexity index is 1170. The molecule has 1 atom stereocenters. The second-order valence-corrected chi connectivity index (χ2v) is 9.43. The Labute approximate surface area is 204 Å². The van der Waals surface area contributed by atoms with Gasteiger partial charge in [0.25, 0.3) is 0 Å². The number of fused-ring (bicyclic) bond motifs is 1. The first kappa shape index (κ1) is 23.8. The van der Waals surface area contributed by atoms with Crippen molar-refractivity contribution in [2.45, 2.75) is 45.6 Å². The van der Waals surface area contributed by atoms with Crippen LogP contribution in [0.1, 0.15) is 64.5 Å². The molecule has 3 aromatic rings. The lowest BCUT2D eigenvalue weighted by molar-refractivity contribution is -0.111. The van der Waals surface area contributed by atoms with E-state index in [4.69, 9.17) is 9.47 Å². The molecule has 4 rings (SSSR count). The maximum Gasteiger partial charge on any atom is 0.341 e. The first-order valence-electron chi connectivity index (χ1n) is 11.6. The van der Waals surface area contributed by atoms with Crippen LogP contribution in [0.2, 0.25) is 0 Å². The molecule has 1 N–H and O–H groups in total. The number of anilines is 1. The van der Waals surface area contributed by atoms with E-state index in [0.717, 1.165) is 41.7 Å². The first-order valence-corrected chi connectivity index (χ1v) is 12.4. The standard InChI is InChI=1S/C28H29NO4S/c1-3-32-28(31)26-25-19(2)8-7-11-23(25)34-27(26)29-24(30)17-14-20-12-15-22(16-13-20)33-18-21-9-5-4-6-10-21/h4-6,9-10,12-17,19H,3,7-8,11,18H2,1-2H3,(H,29,30)/b17-14+. The van der Waals surface area contributed by atoms with Crippen molar-refractivity contribution in [3.63, 3.8) is 0 Å². The highest BCUT2D eigenvalue weighted by Gasteiger charge is 2.30. The molecule has 176 valence electrons. The topological polar surface area (TPSA) is 64.6 Å². The second-order valence-electron chi connectivity index (χ2n) is 8.32. The van der Waals surface area contributed by atoms with Gasteiger partial charge in [-0.15, -0.1) is 11.3 Å². The van der Waals surface area contributed by atoms with Gasteiger partial charge in [-0.3, -0.25) is 4.79 Å². The summed E-state index contributed by atoms with van der Waals surface area (Å²) in [6.45, 7) is 4.73. The lowest BCUT2D eigenvalue weighted by atomic mass is 9.86. The van der Waals surface area contributed by atoms with Gasteiger partial charge in [0, 0.05) is 11.0 Å². The van der Waals surface area contributed by atoms with E-state index in [0.29, 0.717) is 23.8 Å². The number of amides is 1. The number of esters is 1. The van der Waals surface area contributed by atoms with Crippen LogP contribution < -0.4 is 10.1 Å². The van der Waals surface area contributed by atoms with Crippen LogP contribution in [0, 0.1) is 0 Å². The summed E-state index contributed by atoms with van der Waals surface area (Å²) in [5.74, 6) is 0.409. The monoisotopic (exact) mass is 475 g/mol. The average Bonchev–Trinajstić information content (AvgIpc) is 3.22. The number of benzene rings is 2. The van der Waals surface area contributed by atoms with E-state index in [9.17, 15) is 9.59 Å². The van der Waals surface area contributed by atoms with E-state index in [-0.39, 0.29) is 17.8 Å². The molecular weight excluding hydrogens is 446 g/mol. The third kappa shape index (κ3) is 5.75. The molecule has 1 aromatic heterocycles. The van der Waals surface area contributed by atoms with Crippen LogP contribution in [0.15, 0.2) is 60.7 Å². The minimum atomic E-state index is -0.362. The van der Waals surface area contributed by atoms with Crippen molar-refractivity contribution in [1.29, 1.82) is 0 Å². The van der Waals surface area contributed by atoms with Gasteiger partial charge in [-0.2, -0.15) is 0 Å². The molecule has 0 aliphatic heterocycles. The Morgan fingerprint density at radius 1 is 1.12 bits per heavy atom. The minimum Gasteiger partial charge on any atom is -0.489 e. The minimum absolute atomic E-state index is 0.277. The second kappa shape index (κ2) is 11.2. The summed E-state index contributed by atoms with van der Waals surface area (Å²) in [5, 5.41) is 3.50. The number of hydrogen-bond donors (Lipinski definition) is 1. The van der Waals surface area contributed by atoms with Crippen molar-refractivity contribution in [2.75, 3.05) is 11.9 Å². The lowest BCUT2D eigenvalue weighted by Crippen LogP contribution is -2.15. The smallest absolute Gasteiger partial charge is 0.341 e. The molecule has 1 heterocycles. The predicted octanol–water partition coefficient (Wildman–Crippen LogP) is 6.60. The zero-order valence-electron chi connectivity index (χ0n) is 19.5. The van der Waals surface area contributed by atoms with Crippen molar-refractivity contribution in [3.05, 3.63) is 87.8 Å². The van der Waals surface area contributed by atoms with Crippen LogP contribution in [0.5, 0.6) is 5.75 Å². The number of rotatable bonds is 8. The van der Waals surface area contributed by atoms with E-state index < -0.39 is 0 Å². The van der Waals surface area contributed by atoms with Gasteiger partial charge in [0.15, 0.2) is 0 Å². The predicted molar refractivity (Wildman–Crippen MR) is 137 cm³/mol. The van der Waals surface area contributed by atoms with E-state index in [2.05, 4.69) is 12.2 Å². The fraction of sp³-hybridized carbons (Fsp3) is 0.286. The van der Waals surface area contributed by atoms with Crippen LogP contribution >= 0.6 is 11.3 Å². The van der Waals surface area contributed by atoms with Crippen LogP contribution in [0.25, 0.3) is 6.08 Å². The fourth-order valence-electron chi connectivity index (χ4n) is 4.15. The Kier molecular flexibility index (Phi) is 7.80. The van der Waals surface area contributed by atoms with Crippen LogP contribution in [0.3, 0.4) is 0 Å².